The highest BCUT2D eigenvalue weighted by Crippen LogP contribution is 2.16. The molecule has 1 saturated heterocycles. The van der Waals surface area contributed by atoms with Crippen molar-refractivity contribution in [3.8, 4) is 5.75 Å². The summed E-state index contributed by atoms with van der Waals surface area (Å²) >= 11 is 0. The lowest BCUT2D eigenvalue weighted by atomic mass is 10.2. The van der Waals surface area contributed by atoms with E-state index in [0.717, 1.165) is 30.9 Å². The fraction of sp³-hybridized carbons (Fsp3) is 0.533. The molecule has 2 N–H and O–H groups in total. The van der Waals surface area contributed by atoms with Gasteiger partial charge in [-0.1, -0.05) is 18.2 Å². The molecule has 6 heteroatoms. The zero-order chi connectivity index (χ0) is 14.4. The van der Waals surface area contributed by atoms with Gasteiger partial charge in [0.2, 0.25) is 5.91 Å². The molecule has 1 atom stereocenters. The molecule has 0 radical (unpaired) electrons. The Balaban J connectivity index is 0.00000220. The Morgan fingerprint density at radius 1 is 1.48 bits per heavy atom. The van der Waals surface area contributed by atoms with Crippen LogP contribution in [0.3, 0.4) is 0 Å². The van der Waals surface area contributed by atoms with Crippen LogP contribution in [0.4, 0.5) is 0 Å². The predicted octanol–water partition coefficient (Wildman–Crippen LogP) is 1.03. The van der Waals surface area contributed by atoms with Gasteiger partial charge in [-0.3, -0.25) is 9.69 Å². The average molecular weight is 314 g/mol. The third-order valence-electron chi connectivity index (χ3n) is 3.65. The number of amides is 1. The molecular weight excluding hydrogens is 290 g/mol. The normalized spacial score (nSPS) is 18.7. The maximum Gasteiger partial charge on any atom is 0.234 e. The first-order valence-electron chi connectivity index (χ1n) is 7.04. The van der Waals surface area contributed by atoms with Crippen LogP contribution >= 0.6 is 12.4 Å². The first-order chi connectivity index (χ1) is 9.70. The monoisotopic (exact) mass is 313 g/mol. The molecule has 0 unspecified atom stereocenters. The standard InChI is InChI=1S/C15H23N3O2.ClH/c1-12-9-16-7-8-18(12)11-15(19)17-10-13-5-3-4-6-14(13)20-2;/h3-6,12,16H,7-11H2,1-2H3,(H,17,19);1H/t12-;/m0./s1. The van der Waals surface area contributed by atoms with Crippen molar-refractivity contribution >= 4 is 18.3 Å². The number of methoxy groups -OCH3 is 1. The third kappa shape index (κ3) is 5.19. The summed E-state index contributed by atoms with van der Waals surface area (Å²) in [6.45, 7) is 5.91. The van der Waals surface area contributed by atoms with Crippen molar-refractivity contribution in [3.63, 3.8) is 0 Å². The summed E-state index contributed by atoms with van der Waals surface area (Å²) in [7, 11) is 1.64. The van der Waals surface area contributed by atoms with Crippen molar-refractivity contribution in [1.82, 2.24) is 15.5 Å². The van der Waals surface area contributed by atoms with Crippen molar-refractivity contribution in [3.05, 3.63) is 29.8 Å². The van der Waals surface area contributed by atoms with Gasteiger partial charge in [0.1, 0.15) is 5.75 Å². The highest BCUT2D eigenvalue weighted by Gasteiger charge is 2.20. The Hall–Kier alpha value is -1.30. The minimum atomic E-state index is 0. The van der Waals surface area contributed by atoms with E-state index in [1.165, 1.54) is 0 Å². The number of carbonyl (C=O) groups is 1. The van der Waals surface area contributed by atoms with E-state index in [2.05, 4.69) is 22.5 Å². The fourth-order valence-electron chi connectivity index (χ4n) is 2.40. The summed E-state index contributed by atoms with van der Waals surface area (Å²) in [4.78, 5) is 14.2. The van der Waals surface area contributed by atoms with Gasteiger partial charge in [0, 0.05) is 37.8 Å². The smallest absolute Gasteiger partial charge is 0.234 e. The SMILES string of the molecule is COc1ccccc1CNC(=O)CN1CCNC[C@@H]1C.Cl. The van der Waals surface area contributed by atoms with Crippen LogP contribution in [-0.2, 0) is 11.3 Å². The molecule has 0 aromatic heterocycles. The van der Waals surface area contributed by atoms with Gasteiger partial charge < -0.3 is 15.4 Å². The van der Waals surface area contributed by atoms with Crippen molar-refractivity contribution in [2.75, 3.05) is 33.3 Å². The molecular formula is C15H24ClN3O2. The molecule has 5 nitrogen and oxygen atoms in total. The van der Waals surface area contributed by atoms with Crippen LogP contribution in [0.15, 0.2) is 24.3 Å². The second-order valence-corrected chi connectivity index (χ2v) is 5.11. The molecule has 0 bridgehead atoms. The van der Waals surface area contributed by atoms with E-state index in [9.17, 15) is 4.79 Å². The van der Waals surface area contributed by atoms with Gasteiger partial charge in [-0.15, -0.1) is 12.4 Å². The lowest BCUT2D eigenvalue weighted by Gasteiger charge is -2.33. The van der Waals surface area contributed by atoms with Crippen molar-refractivity contribution in [2.45, 2.75) is 19.5 Å². The Morgan fingerprint density at radius 3 is 2.95 bits per heavy atom. The predicted molar refractivity (Wildman–Crippen MR) is 86.0 cm³/mol. The van der Waals surface area contributed by atoms with Crippen LogP contribution in [0.2, 0.25) is 0 Å². The van der Waals surface area contributed by atoms with E-state index < -0.39 is 0 Å². The molecule has 1 aromatic rings. The number of carbonyl (C=O) groups excluding carboxylic acids is 1. The molecule has 1 heterocycles. The zero-order valence-corrected chi connectivity index (χ0v) is 13.4. The lowest BCUT2D eigenvalue weighted by Crippen LogP contribution is -2.52. The van der Waals surface area contributed by atoms with Gasteiger partial charge in [-0.05, 0) is 13.0 Å². The molecule has 118 valence electrons. The molecule has 1 fully saturated rings. The quantitative estimate of drug-likeness (QED) is 0.852. The second-order valence-electron chi connectivity index (χ2n) is 5.11. The number of ether oxygens (including phenoxy) is 1. The first kappa shape index (κ1) is 17.8. The number of nitrogens with one attached hydrogen (secondary N) is 2. The van der Waals surface area contributed by atoms with Crippen LogP contribution in [0.1, 0.15) is 12.5 Å². The van der Waals surface area contributed by atoms with Crippen LogP contribution in [-0.4, -0.2) is 50.1 Å². The zero-order valence-electron chi connectivity index (χ0n) is 12.6. The molecule has 1 aliphatic heterocycles. The maximum atomic E-state index is 12.0. The van der Waals surface area contributed by atoms with Crippen LogP contribution in [0, 0.1) is 0 Å². The van der Waals surface area contributed by atoms with Crippen molar-refractivity contribution in [2.24, 2.45) is 0 Å². The van der Waals surface area contributed by atoms with E-state index >= 15 is 0 Å². The van der Waals surface area contributed by atoms with Crippen LogP contribution < -0.4 is 15.4 Å². The van der Waals surface area contributed by atoms with Crippen LogP contribution in [0.25, 0.3) is 0 Å². The fourth-order valence-corrected chi connectivity index (χ4v) is 2.40. The summed E-state index contributed by atoms with van der Waals surface area (Å²) in [5.41, 5.74) is 0.997. The number of para-hydroxylation sites is 1. The summed E-state index contributed by atoms with van der Waals surface area (Å²) in [5, 5.41) is 6.28. The minimum absolute atomic E-state index is 0. The van der Waals surface area contributed by atoms with Gasteiger partial charge >= 0.3 is 0 Å². The highest BCUT2D eigenvalue weighted by atomic mass is 35.5. The number of rotatable bonds is 5. The van der Waals surface area contributed by atoms with Gasteiger partial charge in [0.25, 0.3) is 0 Å². The van der Waals surface area contributed by atoms with Crippen molar-refractivity contribution < 1.29 is 9.53 Å². The summed E-state index contributed by atoms with van der Waals surface area (Å²) in [5.74, 6) is 0.869. The number of benzene rings is 1. The van der Waals surface area contributed by atoms with Crippen molar-refractivity contribution in [1.29, 1.82) is 0 Å². The molecule has 1 aliphatic rings. The van der Waals surface area contributed by atoms with Gasteiger partial charge in [-0.2, -0.15) is 0 Å². The Labute approximate surface area is 132 Å². The molecule has 0 spiro atoms. The maximum absolute atomic E-state index is 12.0. The molecule has 0 aliphatic carbocycles. The Bertz CT molecular complexity index is 456. The van der Waals surface area contributed by atoms with E-state index in [4.69, 9.17) is 4.74 Å². The number of piperazine rings is 1. The molecule has 1 amide bonds. The number of hydrogen-bond acceptors (Lipinski definition) is 4. The molecule has 0 saturated carbocycles. The largest absolute Gasteiger partial charge is 0.496 e. The minimum Gasteiger partial charge on any atom is -0.496 e. The van der Waals surface area contributed by atoms with Gasteiger partial charge in [0.15, 0.2) is 0 Å². The van der Waals surface area contributed by atoms with E-state index in [-0.39, 0.29) is 18.3 Å². The first-order valence-corrected chi connectivity index (χ1v) is 7.04. The molecule has 2 rings (SSSR count). The van der Waals surface area contributed by atoms with E-state index in [1.807, 2.05) is 24.3 Å². The second kappa shape index (κ2) is 8.87. The summed E-state index contributed by atoms with van der Waals surface area (Å²) in [6.07, 6.45) is 0. The van der Waals surface area contributed by atoms with Gasteiger partial charge in [-0.25, -0.2) is 0 Å². The highest BCUT2D eigenvalue weighted by molar-refractivity contribution is 5.85. The Kier molecular flexibility index (Phi) is 7.50. The van der Waals surface area contributed by atoms with Crippen LogP contribution in [0.5, 0.6) is 5.75 Å². The number of hydrogen-bond donors (Lipinski definition) is 2. The number of halogens is 1. The summed E-state index contributed by atoms with van der Waals surface area (Å²) < 4.78 is 5.27. The number of nitrogens with zero attached hydrogens (tertiary/aromatic N) is 1. The van der Waals surface area contributed by atoms with Gasteiger partial charge in [0.05, 0.1) is 13.7 Å². The molecule has 21 heavy (non-hydrogen) atoms. The Morgan fingerprint density at radius 2 is 2.24 bits per heavy atom. The van der Waals surface area contributed by atoms with E-state index in [1.54, 1.807) is 7.11 Å². The molecule has 1 aromatic carbocycles. The van der Waals surface area contributed by atoms with E-state index in [0.29, 0.717) is 19.1 Å². The summed E-state index contributed by atoms with van der Waals surface area (Å²) in [6, 6.07) is 8.14. The third-order valence-corrected chi connectivity index (χ3v) is 3.65. The lowest BCUT2D eigenvalue weighted by molar-refractivity contribution is -0.123. The average Bonchev–Trinajstić information content (AvgIpc) is 2.48. The topological polar surface area (TPSA) is 53.6 Å².